The number of anilines is 2. The van der Waals surface area contributed by atoms with Gasteiger partial charge in [0.25, 0.3) is 0 Å². The van der Waals surface area contributed by atoms with Gasteiger partial charge in [0, 0.05) is 18.8 Å². The summed E-state index contributed by atoms with van der Waals surface area (Å²) in [5, 5.41) is 11.6. The van der Waals surface area contributed by atoms with Gasteiger partial charge in [-0.3, -0.25) is 4.79 Å². The number of hydrogen-bond acceptors (Lipinski definition) is 6. The van der Waals surface area contributed by atoms with E-state index in [-0.39, 0.29) is 17.0 Å². The Kier molecular flexibility index (Phi) is 5.90. The molecule has 2 heterocycles. The number of carbonyl (C=O) groups excluding carboxylic acids is 1. The van der Waals surface area contributed by atoms with Crippen molar-refractivity contribution >= 4 is 39.8 Å². The van der Waals surface area contributed by atoms with E-state index in [1.165, 1.54) is 35.2 Å². The fourth-order valence-electron chi connectivity index (χ4n) is 2.69. The van der Waals surface area contributed by atoms with Crippen LogP contribution in [0.5, 0.6) is 0 Å². The number of hydrogen-bond donors (Lipinski definition) is 1. The Morgan fingerprint density at radius 3 is 2.88 bits per heavy atom. The molecule has 1 unspecified atom stereocenters. The third-order valence-corrected chi connectivity index (χ3v) is 6.21. The Hall–Kier alpha value is -1.67. The van der Waals surface area contributed by atoms with Crippen molar-refractivity contribution in [1.82, 2.24) is 15.1 Å². The molecule has 3 rings (SSSR count). The lowest BCUT2D eigenvalue weighted by Gasteiger charge is -2.31. The Morgan fingerprint density at radius 1 is 1.40 bits per heavy atom. The number of aromatic nitrogens is 2. The quantitative estimate of drug-likeness (QED) is 0.790. The number of nitrogens with zero attached hydrogens (tertiary/aromatic N) is 3. The molecule has 0 spiro atoms. The van der Waals surface area contributed by atoms with Crippen LogP contribution < -0.4 is 5.32 Å². The maximum Gasteiger partial charge on any atom is 0.235 e. The highest BCUT2D eigenvalue weighted by Gasteiger charge is 2.26. The van der Waals surface area contributed by atoms with Gasteiger partial charge in [0.2, 0.25) is 11.0 Å². The molecule has 1 aliphatic heterocycles. The summed E-state index contributed by atoms with van der Waals surface area (Å²) in [6, 6.07) is 6.19. The van der Waals surface area contributed by atoms with Gasteiger partial charge in [-0.1, -0.05) is 36.1 Å². The molecule has 5 nitrogen and oxygen atoms in total. The summed E-state index contributed by atoms with van der Waals surface area (Å²) >= 11 is 2.78. The predicted octanol–water partition coefficient (Wildman–Crippen LogP) is 4.16. The van der Waals surface area contributed by atoms with Gasteiger partial charge in [-0.25, -0.2) is 4.39 Å². The second-order valence-corrected chi connectivity index (χ2v) is 8.84. The van der Waals surface area contributed by atoms with Crippen LogP contribution in [0, 0.1) is 11.7 Å². The zero-order valence-corrected chi connectivity index (χ0v) is 15.9. The molecule has 1 aromatic carbocycles. The molecule has 0 bridgehead atoms. The summed E-state index contributed by atoms with van der Waals surface area (Å²) in [5.41, 5.74) is 0.624. The average molecular weight is 381 g/mol. The second-order valence-electron chi connectivity index (χ2n) is 6.28. The average Bonchev–Trinajstić information content (AvgIpc) is 3.01. The molecule has 1 aromatic heterocycles. The van der Waals surface area contributed by atoms with E-state index >= 15 is 0 Å². The highest BCUT2D eigenvalue weighted by Crippen LogP contribution is 2.31. The van der Waals surface area contributed by atoms with Crippen LogP contribution in [0.4, 0.5) is 15.2 Å². The van der Waals surface area contributed by atoms with Crippen LogP contribution >= 0.6 is 23.1 Å². The minimum absolute atomic E-state index is 0.159. The Labute approximate surface area is 155 Å². The van der Waals surface area contributed by atoms with Crippen LogP contribution in [-0.2, 0) is 4.79 Å². The summed E-state index contributed by atoms with van der Waals surface area (Å²) in [6.45, 7) is 5.82. The largest absolute Gasteiger partial charge is 0.342 e. The van der Waals surface area contributed by atoms with Crippen molar-refractivity contribution in [2.75, 3.05) is 18.4 Å². The molecule has 0 saturated carbocycles. The summed E-state index contributed by atoms with van der Waals surface area (Å²) in [6.07, 6.45) is 2.15. The number of rotatable bonds is 5. The van der Waals surface area contributed by atoms with E-state index in [1.54, 1.807) is 12.1 Å². The van der Waals surface area contributed by atoms with Gasteiger partial charge in [0.15, 0.2) is 4.34 Å². The topological polar surface area (TPSA) is 58.1 Å². The third kappa shape index (κ3) is 4.92. The van der Waals surface area contributed by atoms with Crippen LogP contribution in [0.3, 0.4) is 0 Å². The molecule has 0 radical (unpaired) electrons. The molecule has 2 aromatic rings. The number of nitrogens with one attached hydrogen (secondary N) is 1. The molecular weight excluding hydrogens is 359 g/mol. The number of thioether (sulfide) groups is 1. The standard InChI is InChI=1S/C17H21FN4OS2/c1-11-6-8-22(9-7-11)15(23)12(2)24-17-21-20-16(25-17)19-14-5-3-4-13(18)10-14/h3-5,10-12H,6-9H2,1-2H3,(H,19,20). The summed E-state index contributed by atoms with van der Waals surface area (Å²) < 4.78 is 13.9. The number of amides is 1. The van der Waals surface area contributed by atoms with Crippen molar-refractivity contribution < 1.29 is 9.18 Å². The van der Waals surface area contributed by atoms with E-state index in [2.05, 4.69) is 22.4 Å². The van der Waals surface area contributed by atoms with E-state index in [0.29, 0.717) is 16.7 Å². The molecule has 1 N–H and O–H groups in total. The zero-order chi connectivity index (χ0) is 17.8. The van der Waals surface area contributed by atoms with Crippen LogP contribution in [0.25, 0.3) is 0 Å². The van der Waals surface area contributed by atoms with E-state index in [1.807, 2.05) is 11.8 Å². The minimum Gasteiger partial charge on any atom is -0.342 e. The Bertz CT molecular complexity index is 731. The number of piperidine rings is 1. The Morgan fingerprint density at radius 2 is 2.16 bits per heavy atom. The van der Waals surface area contributed by atoms with Crippen molar-refractivity contribution in [3.8, 4) is 0 Å². The predicted molar refractivity (Wildman–Crippen MR) is 99.9 cm³/mol. The lowest BCUT2D eigenvalue weighted by molar-refractivity contribution is -0.131. The first kappa shape index (κ1) is 18.1. The molecule has 1 atom stereocenters. The van der Waals surface area contributed by atoms with Crippen molar-refractivity contribution in [1.29, 1.82) is 0 Å². The van der Waals surface area contributed by atoms with Crippen LogP contribution in [0.15, 0.2) is 28.6 Å². The van der Waals surface area contributed by atoms with Gasteiger partial charge in [-0.15, -0.1) is 10.2 Å². The molecule has 0 aliphatic carbocycles. The van der Waals surface area contributed by atoms with E-state index in [0.717, 1.165) is 30.3 Å². The molecule has 1 aliphatic rings. The summed E-state index contributed by atoms with van der Waals surface area (Å²) in [7, 11) is 0. The van der Waals surface area contributed by atoms with E-state index < -0.39 is 0 Å². The van der Waals surface area contributed by atoms with Crippen LogP contribution in [0.2, 0.25) is 0 Å². The highest BCUT2D eigenvalue weighted by molar-refractivity contribution is 8.02. The maximum absolute atomic E-state index is 13.2. The molecule has 25 heavy (non-hydrogen) atoms. The monoisotopic (exact) mass is 380 g/mol. The smallest absolute Gasteiger partial charge is 0.235 e. The first-order valence-corrected chi connectivity index (χ1v) is 10.0. The van der Waals surface area contributed by atoms with Gasteiger partial charge in [0.05, 0.1) is 5.25 Å². The van der Waals surface area contributed by atoms with E-state index in [4.69, 9.17) is 0 Å². The molecular formula is C17H21FN4OS2. The SMILES string of the molecule is CC1CCN(C(=O)C(C)Sc2nnc(Nc3cccc(F)c3)s2)CC1. The van der Waals surface area contributed by atoms with Gasteiger partial charge in [-0.05, 0) is 43.9 Å². The van der Waals surface area contributed by atoms with Crippen LogP contribution in [-0.4, -0.2) is 39.3 Å². The number of halogens is 1. The summed E-state index contributed by atoms with van der Waals surface area (Å²) in [5.74, 6) is 0.553. The van der Waals surface area contributed by atoms with Gasteiger partial charge < -0.3 is 10.2 Å². The van der Waals surface area contributed by atoms with Crippen LogP contribution in [0.1, 0.15) is 26.7 Å². The Balaban J connectivity index is 1.56. The fourth-order valence-corrected chi connectivity index (χ4v) is 4.69. The molecule has 134 valence electrons. The van der Waals surface area contributed by atoms with Crippen molar-refractivity contribution in [2.24, 2.45) is 5.92 Å². The second kappa shape index (κ2) is 8.14. The maximum atomic E-state index is 13.2. The molecule has 1 fully saturated rings. The normalized spacial score (nSPS) is 16.7. The van der Waals surface area contributed by atoms with Gasteiger partial charge in [0.1, 0.15) is 5.82 Å². The molecule has 8 heteroatoms. The number of likely N-dealkylation sites (tertiary alicyclic amines) is 1. The highest BCUT2D eigenvalue weighted by atomic mass is 32.2. The third-order valence-electron chi connectivity index (χ3n) is 4.20. The van der Waals surface area contributed by atoms with Gasteiger partial charge in [-0.2, -0.15) is 0 Å². The molecule has 1 amide bonds. The number of carbonyl (C=O) groups is 1. The minimum atomic E-state index is -0.306. The van der Waals surface area contributed by atoms with Crippen molar-refractivity contribution in [2.45, 2.75) is 36.3 Å². The lowest BCUT2D eigenvalue weighted by atomic mass is 9.99. The van der Waals surface area contributed by atoms with Crippen molar-refractivity contribution in [3.05, 3.63) is 30.1 Å². The van der Waals surface area contributed by atoms with Crippen molar-refractivity contribution in [3.63, 3.8) is 0 Å². The fraction of sp³-hybridized carbons (Fsp3) is 0.471. The first-order valence-electron chi connectivity index (χ1n) is 8.33. The van der Waals surface area contributed by atoms with E-state index in [9.17, 15) is 9.18 Å². The lowest BCUT2D eigenvalue weighted by Crippen LogP contribution is -2.41. The molecule has 1 saturated heterocycles. The first-order chi connectivity index (χ1) is 12.0. The summed E-state index contributed by atoms with van der Waals surface area (Å²) in [4.78, 5) is 14.5. The van der Waals surface area contributed by atoms with Gasteiger partial charge >= 0.3 is 0 Å². The zero-order valence-electron chi connectivity index (χ0n) is 14.2. The number of benzene rings is 1.